The average Bonchev–Trinajstić information content (AvgIpc) is 2.95. The standard InChI is InChI=1S/C32H49F2NO6/c1-31(16-21-24(33)6-3-7-25(21)34)12-11-23-20(22(31)5-4-14-35)9-8-18-15-19(10-13-32(18,23)2)40-30-29(39)28(38)27(37)26(17-36)41-30/h3,6-7,18-20,22-23,26-30,36-39H,4-5,8-17,35H2,1-2H3/t18?,19-,20-,22-,23-,26+,27+,28?,29+,30+,31?,32?/m0/s1. The number of benzene rings is 1. The Morgan fingerprint density at radius 1 is 1.00 bits per heavy atom. The first-order valence-corrected chi connectivity index (χ1v) is 15.6. The number of aliphatic hydroxyl groups excluding tert-OH is 4. The average molecular weight is 582 g/mol. The van der Waals surface area contributed by atoms with Gasteiger partial charge in [-0.2, -0.15) is 0 Å². The maximum absolute atomic E-state index is 14.7. The molecule has 5 rings (SSSR count). The van der Waals surface area contributed by atoms with Gasteiger partial charge >= 0.3 is 0 Å². The Bertz CT molecular complexity index is 1030. The molecule has 3 saturated carbocycles. The van der Waals surface area contributed by atoms with Crippen molar-refractivity contribution in [3.8, 4) is 0 Å². The number of nitrogens with two attached hydrogens (primary N) is 1. The maximum atomic E-state index is 14.7. The number of fused-ring (bicyclic) bond motifs is 3. The summed E-state index contributed by atoms with van der Waals surface area (Å²) >= 11 is 0. The van der Waals surface area contributed by atoms with Crippen molar-refractivity contribution in [2.24, 2.45) is 40.2 Å². The van der Waals surface area contributed by atoms with Crippen LogP contribution in [0.15, 0.2) is 18.2 Å². The predicted octanol–water partition coefficient (Wildman–Crippen LogP) is 3.68. The lowest BCUT2D eigenvalue weighted by atomic mass is 9.44. The first-order chi connectivity index (χ1) is 19.5. The van der Waals surface area contributed by atoms with E-state index in [4.69, 9.17) is 15.2 Å². The summed E-state index contributed by atoms with van der Waals surface area (Å²) < 4.78 is 41.3. The summed E-state index contributed by atoms with van der Waals surface area (Å²) in [6.45, 7) is 4.77. The number of ether oxygens (including phenoxy) is 2. The SMILES string of the molecule is CC1(Cc2c(F)cccc2F)CC[C@H]2[C@@H](CCC3C[C@@H](O[C@@H]4O[C@H](CO)[C@@H](O)C(O)[C@H]4O)CCC32C)[C@@H]1CCCN. The van der Waals surface area contributed by atoms with Gasteiger partial charge in [0.05, 0.1) is 12.7 Å². The Labute approximate surface area is 242 Å². The minimum Gasteiger partial charge on any atom is -0.394 e. The Hall–Kier alpha value is -1.20. The number of hydrogen-bond acceptors (Lipinski definition) is 7. The molecule has 4 unspecified atom stereocenters. The van der Waals surface area contributed by atoms with Crippen LogP contribution in [0.25, 0.3) is 0 Å². The van der Waals surface area contributed by atoms with Crippen LogP contribution >= 0.6 is 0 Å². The first kappa shape index (κ1) is 31.2. The molecule has 1 aromatic rings. The van der Waals surface area contributed by atoms with Gasteiger partial charge in [0.1, 0.15) is 36.1 Å². The van der Waals surface area contributed by atoms with Gasteiger partial charge in [-0.15, -0.1) is 0 Å². The van der Waals surface area contributed by atoms with Gasteiger partial charge in [-0.3, -0.25) is 0 Å². The van der Waals surface area contributed by atoms with Crippen LogP contribution in [0.2, 0.25) is 0 Å². The van der Waals surface area contributed by atoms with E-state index < -0.39 is 48.9 Å². The second-order valence-corrected chi connectivity index (χ2v) is 13.9. The molecule has 4 aliphatic rings. The Kier molecular flexibility index (Phi) is 9.46. The highest BCUT2D eigenvalue weighted by Crippen LogP contribution is 2.64. The summed E-state index contributed by atoms with van der Waals surface area (Å²) in [4.78, 5) is 0. The first-order valence-electron chi connectivity index (χ1n) is 15.6. The second kappa shape index (κ2) is 12.4. The van der Waals surface area contributed by atoms with E-state index in [0.29, 0.717) is 36.6 Å². The number of rotatable bonds is 8. The highest BCUT2D eigenvalue weighted by atomic mass is 19.1. The van der Waals surface area contributed by atoms with Crippen molar-refractivity contribution in [3.63, 3.8) is 0 Å². The van der Waals surface area contributed by atoms with Gasteiger partial charge in [0, 0.05) is 5.56 Å². The van der Waals surface area contributed by atoms with Crippen LogP contribution in [0.4, 0.5) is 8.78 Å². The Balaban J connectivity index is 1.30. The van der Waals surface area contributed by atoms with Gasteiger partial charge in [-0.25, -0.2) is 8.78 Å². The van der Waals surface area contributed by atoms with Crippen LogP contribution in [0.5, 0.6) is 0 Å². The fourth-order valence-corrected chi connectivity index (χ4v) is 9.33. The predicted molar refractivity (Wildman–Crippen MR) is 149 cm³/mol. The monoisotopic (exact) mass is 581 g/mol. The van der Waals surface area contributed by atoms with Crippen molar-refractivity contribution in [2.45, 2.75) is 115 Å². The molecule has 3 aliphatic carbocycles. The lowest BCUT2D eigenvalue weighted by molar-refractivity contribution is -0.316. The highest BCUT2D eigenvalue weighted by Gasteiger charge is 2.57. The molecule has 0 aromatic heterocycles. The van der Waals surface area contributed by atoms with Crippen molar-refractivity contribution in [1.82, 2.24) is 0 Å². The van der Waals surface area contributed by atoms with E-state index in [0.717, 1.165) is 57.8 Å². The van der Waals surface area contributed by atoms with Crippen LogP contribution in [-0.2, 0) is 15.9 Å². The van der Waals surface area contributed by atoms with Crippen molar-refractivity contribution in [2.75, 3.05) is 13.2 Å². The van der Waals surface area contributed by atoms with Crippen LogP contribution in [0.1, 0.15) is 77.2 Å². The van der Waals surface area contributed by atoms with Gasteiger partial charge in [0.25, 0.3) is 0 Å². The molecule has 9 heteroatoms. The highest BCUT2D eigenvalue weighted by molar-refractivity contribution is 5.22. The van der Waals surface area contributed by atoms with E-state index in [1.165, 1.54) is 18.2 Å². The lowest BCUT2D eigenvalue weighted by Gasteiger charge is -2.62. The summed E-state index contributed by atoms with van der Waals surface area (Å²) in [6, 6.07) is 4.15. The van der Waals surface area contributed by atoms with Gasteiger partial charge < -0.3 is 35.6 Å². The van der Waals surface area contributed by atoms with Gasteiger partial charge in [-0.1, -0.05) is 19.9 Å². The summed E-state index contributed by atoms with van der Waals surface area (Å²) in [6.07, 6.45) is 2.39. The van der Waals surface area contributed by atoms with Crippen LogP contribution in [0.3, 0.4) is 0 Å². The molecule has 232 valence electrons. The number of halogens is 2. The topological polar surface area (TPSA) is 125 Å². The number of aliphatic hydroxyl groups is 4. The lowest BCUT2D eigenvalue weighted by Crippen LogP contribution is -2.60. The van der Waals surface area contributed by atoms with Gasteiger partial charge in [0.15, 0.2) is 6.29 Å². The summed E-state index contributed by atoms with van der Waals surface area (Å²) in [7, 11) is 0. The van der Waals surface area contributed by atoms with Crippen molar-refractivity contribution < 1.29 is 38.7 Å². The zero-order valence-electron chi connectivity index (χ0n) is 24.4. The third-order valence-corrected chi connectivity index (χ3v) is 11.7. The van der Waals surface area contributed by atoms with E-state index in [-0.39, 0.29) is 22.5 Å². The molecule has 0 spiro atoms. The van der Waals surface area contributed by atoms with Crippen molar-refractivity contribution in [1.29, 1.82) is 0 Å². The Morgan fingerprint density at radius 3 is 2.41 bits per heavy atom. The van der Waals surface area contributed by atoms with Crippen LogP contribution in [-0.4, -0.2) is 70.4 Å². The molecule has 6 N–H and O–H groups in total. The second-order valence-electron chi connectivity index (χ2n) is 13.9. The molecule has 1 heterocycles. The minimum atomic E-state index is -1.45. The third-order valence-electron chi connectivity index (χ3n) is 11.7. The molecule has 1 saturated heterocycles. The molecule has 0 radical (unpaired) electrons. The number of hydrogen-bond donors (Lipinski definition) is 5. The van der Waals surface area contributed by atoms with Crippen molar-refractivity contribution >= 4 is 0 Å². The largest absolute Gasteiger partial charge is 0.394 e. The molecule has 12 atom stereocenters. The minimum absolute atomic E-state index is 0.115. The van der Waals surface area contributed by atoms with E-state index in [1.807, 2.05) is 0 Å². The molecule has 4 fully saturated rings. The molecule has 41 heavy (non-hydrogen) atoms. The van der Waals surface area contributed by atoms with Crippen LogP contribution < -0.4 is 5.73 Å². The zero-order valence-corrected chi connectivity index (χ0v) is 24.4. The van der Waals surface area contributed by atoms with Gasteiger partial charge in [-0.05, 0) is 117 Å². The van der Waals surface area contributed by atoms with E-state index in [1.54, 1.807) is 0 Å². The molecule has 0 amide bonds. The van der Waals surface area contributed by atoms with E-state index in [9.17, 15) is 29.2 Å². The summed E-state index contributed by atoms with van der Waals surface area (Å²) in [5.41, 5.74) is 6.08. The molecular formula is C32H49F2NO6. The third kappa shape index (κ3) is 5.85. The molecule has 7 nitrogen and oxygen atoms in total. The molecular weight excluding hydrogens is 532 g/mol. The quantitative estimate of drug-likeness (QED) is 0.297. The molecule has 1 aromatic carbocycles. The summed E-state index contributed by atoms with van der Waals surface area (Å²) in [5, 5.41) is 40.3. The molecule has 1 aliphatic heterocycles. The normalized spacial score (nSPS) is 44.7. The van der Waals surface area contributed by atoms with Crippen LogP contribution in [0, 0.1) is 46.1 Å². The zero-order chi connectivity index (χ0) is 29.5. The van der Waals surface area contributed by atoms with Gasteiger partial charge in [0.2, 0.25) is 0 Å². The van der Waals surface area contributed by atoms with E-state index >= 15 is 0 Å². The molecule has 0 bridgehead atoms. The fraction of sp³-hybridized carbons (Fsp3) is 0.812. The fourth-order valence-electron chi connectivity index (χ4n) is 9.33. The maximum Gasteiger partial charge on any atom is 0.186 e. The smallest absolute Gasteiger partial charge is 0.186 e. The van der Waals surface area contributed by atoms with Crippen molar-refractivity contribution in [3.05, 3.63) is 35.4 Å². The Morgan fingerprint density at radius 2 is 1.73 bits per heavy atom. The summed E-state index contributed by atoms with van der Waals surface area (Å²) in [5.74, 6) is 0.828. The van der Waals surface area contributed by atoms with E-state index in [2.05, 4.69) is 13.8 Å².